The van der Waals surface area contributed by atoms with Crippen LogP contribution in [0.3, 0.4) is 0 Å². The Morgan fingerprint density at radius 2 is 1.88 bits per heavy atom. The van der Waals surface area contributed by atoms with E-state index in [0.29, 0.717) is 13.2 Å². The van der Waals surface area contributed by atoms with E-state index < -0.39 is 10.0 Å². The van der Waals surface area contributed by atoms with Crippen molar-refractivity contribution in [1.29, 1.82) is 0 Å². The van der Waals surface area contributed by atoms with Crippen LogP contribution in [-0.4, -0.2) is 33.5 Å². The molecule has 0 aliphatic heterocycles. The van der Waals surface area contributed by atoms with Crippen LogP contribution < -0.4 is 9.88 Å². The van der Waals surface area contributed by atoms with Gasteiger partial charge in [0.05, 0.1) is 4.90 Å². The molecule has 2 aromatic rings. The van der Waals surface area contributed by atoms with Gasteiger partial charge in [-0.3, -0.25) is 4.90 Å². The Hall–Kier alpha value is -1.89. The second kappa shape index (κ2) is 7.79. The van der Waals surface area contributed by atoms with Gasteiger partial charge in [-0.25, -0.2) is 13.6 Å². The zero-order chi connectivity index (χ0) is 17.7. The Balaban J connectivity index is 1.96. The molecule has 0 aromatic heterocycles. The van der Waals surface area contributed by atoms with Gasteiger partial charge in [0.2, 0.25) is 10.0 Å². The summed E-state index contributed by atoms with van der Waals surface area (Å²) in [6.07, 6.45) is 0. The maximum Gasteiger partial charge on any atom is 0.238 e. The smallest absolute Gasteiger partial charge is 0.238 e. The SMILES string of the molecule is Cc1cccc(OCCN(C)[C@@H](C)c2cccc(S(N)(=O)=O)c2)c1. The number of likely N-dealkylation sites (N-methyl/N-ethyl adjacent to an activating group) is 1. The lowest BCUT2D eigenvalue weighted by molar-refractivity contribution is 0.201. The summed E-state index contributed by atoms with van der Waals surface area (Å²) < 4.78 is 28.7. The van der Waals surface area contributed by atoms with Crippen molar-refractivity contribution in [3.8, 4) is 5.75 Å². The molecule has 0 spiro atoms. The van der Waals surface area contributed by atoms with E-state index in [1.807, 2.05) is 51.2 Å². The third kappa shape index (κ3) is 5.06. The van der Waals surface area contributed by atoms with Gasteiger partial charge in [-0.1, -0.05) is 24.3 Å². The lowest BCUT2D eigenvalue weighted by atomic mass is 10.1. The predicted molar refractivity (Wildman–Crippen MR) is 95.5 cm³/mol. The quantitative estimate of drug-likeness (QED) is 0.835. The van der Waals surface area contributed by atoms with E-state index in [2.05, 4.69) is 4.90 Å². The maximum atomic E-state index is 11.5. The van der Waals surface area contributed by atoms with Crippen LogP contribution in [0.4, 0.5) is 0 Å². The number of nitrogens with zero attached hydrogens (tertiary/aromatic N) is 1. The number of hydrogen-bond acceptors (Lipinski definition) is 4. The summed E-state index contributed by atoms with van der Waals surface area (Å²) in [5.41, 5.74) is 2.06. The summed E-state index contributed by atoms with van der Waals surface area (Å²) in [5, 5.41) is 5.20. The van der Waals surface area contributed by atoms with Gasteiger partial charge in [-0.05, 0) is 56.3 Å². The molecular weight excluding hydrogens is 324 g/mol. The average molecular weight is 348 g/mol. The van der Waals surface area contributed by atoms with Crippen molar-refractivity contribution in [1.82, 2.24) is 4.90 Å². The minimum Gasteiger partial charge on any atom is -0.492 e. The summed E-state index contributed by atoms with van der Waals surface area (Å²) >= 11 is 0. The number of ether oxygens (including phenoxy) is 1. The van der Waals surface area contributed by atoms with Crippen LogP contribution >= 0.6 is 0 Å². The van der Waals surface area contributed by atoms with Crippen molar-refractivity contribution in [3.63, 3.8) is 0 Å². The molecular formula is C18H24N2O3S. The first-order valence-electron chi connectivity index (χ1n) is 7.80. The van der Waals surface area contributed by atoms with Crippen molar-refractivity contribution in [3.05, 3.63) is 59.7 Å². The number of hydrogen-bond donors (Lipinski definition) is 1. The van der Waals surface area contributed by atoms with Gasteiger partial charge in [-0.15, -0.1) is 0 Å². The average Bonchev–Trinajstić information content (AvgIpc) is 2.53. The Labute approximate surface area is 144 Å². The van der Waals surface area contributed by atoms with E-state index in [1.54, 1.807) is 12.1 Å². The highest BCUT2D eigenvalue weighted by atomic mass is 32.2. The third-order valence-corrected chi connectivity index (χ3v) is 4.94. The number of sulfonamides is 1. The van der Waals surface area contributed by atoms with Gasteiger partial charge >= 0.3 is 0 Å². The Bertz CT molecular complexity index is 790. The summed E-state index contributed by atoms with van der Waals surface area (Å²) in [7, 11) is -1.70. The standard InChI is InChI=1S/C18H24N2O3S/c1-14-6-4-8-17(12-14)23-11-10-20(3)15(2)16-7-5-9-18(13-16)24(19,21)22/h4-9,12-13,15H,10-11H2,1-3H3,(H2,19,21,22)/t15-/m0/s1. The molecule has 2 aromatic carbocycles. The van der Waals surface area contributed by atoms with Crippen molar-refractivity contribution in [2.45, 2.75) is 24.8 Å². The van der Waals surface area contributed by atoms with Crippen LogP contribution in [0.15, 0.2) is 53.4 Å². The minimum atomic E-state index is -3.68. The molecule has 1 atom stereocenters. The monoisotopic (exact) mass is 348 g/mol. The lowest BCUT2D eigenvalue weighted by Gasteiger charge is -2.25. The first-order chi connectivity index (χ1) is 11.3. The molecule has 0 aliphatic carbocycles. The molecule has 0 heterocycles. The van der Waals surface area contributed by atoms with Crippen LogP contribution in [0, 0.1) is 6.92 Å². The lowest BCUT2D eigenvalue weighted by Crippen LogP contribution is -2.27. The van der Waals surface area contributed by atoms with Crippen molar-refractivity contribution in [2.75, 3.05) is 20.2 Å². The fourth-order valence-electron chi connectivity index (χ4n) is 2.41. The molecule has 5 nitrogen and oxygen atoms in total. The maximum absolute atomic E-state index is 11.5. The number of aryl methyl sites for hydroxylation is 1. The first kappa shape index (κ1) is 18.4. The topological polar surface area (TPSA) is 72.6 Å². The highest BCUT2D eigenvalue weighted by Gasteiger charge is 2.15. The third-order valence-electron chi connectivity index (χ3n) is 4.03. The van der Waals surface area contributed by atoms with Gasteiger partial charge < -0.3 is 4.74 Å². The number of nitrogens with two attached hydrogens (primary N) is 1. The predicted octanol–water partition coefficient (Wildman–Crippen LogP) is 2.71. The largest absolute Gasteiger partial charge is 0.492 e. The van der Waals surface area contributed by atoms with Crippen LogP contribution in [-0.2, 0) is 10.0 Å². The molecule has 6 heteroatoms. The normalized spacial score (nSPS) is 13.0. The van der Waals surface area contributed by atoms with E-state index in [0.717, 1.165) is 16.9 Å². The first-order valence-corrected chi connectivity index (χ1v) is 9.34. The molecule has 0 saturated heterocycles. The van der Waals surface area contributed by atoms with Crippen LogP contribution in [0.5, 0.6) is 5.75 Å². The van der Waals surface area contributed by atoms with Crippen LogP contribution in [0.2, 0.25) is 0 Å². The van der Waals surface area contributed by atoms with E-state index in [4.69, 9.17) is 9.88 Å². The van der Waals surface area contributed by atoms with E-state index in [9.17, 15) is 8.42 Å². The van der Waals surface area contributed by atoms with Crippen LogP contribution in [0.25, 0.3) is 0 Å². The number of primary sulfonamides is 1. The molecule has 2 N–H and O–H groups in total. The second-order valence-electron chi connectivity index (χ2n) is 5.94. The van der Waals surface area contributed by atoms with E-state index in [1.165, 1.54) is 6.07 Å². The van der Waals surface area contributed by atoms with Crippen LogP contribution in [0.1, 0.15) is 24.1 Å². The molecule has 0 fully saturated rings. The number of rotatable bonds is 7. The molecule has 0 radical (unpaired) electrons. The van der Waals surface area contributed by atoms with Gasteiger partial charge in [0.15, 0.2) is 0 Å². The van der Waals surface area contributed by atoms with E-state index in [-0.39, 0.29) is 10.9 Å². The minimum absolute atomic E-state index is 0.0489. The highest BCUT2D eigenvalue weighted by Crippen LogP contribution is 2.21. The molecule has 2 rings (SSSR count). The molecule has 0 saturated carbocycles. The molecule has 0 amide bonds. The zero-order valence-corrected chi connectivity index (χ0v) is 15.1. The Morgan fingerprint density at radius 3 is 2.54 bits per heavy atom. The fourth-order valence-corrected chi connectivity index (χ4v) is 2.98. The molecule has 0 bridgehead atoms. The number of benzene rings is 2. The van der Waals surface area contributed by atoms with Gasteiger partial charge in [0.25, 0.3) is 0 Å². The molecule has 0 unspecified atom stereocenters. The highest BCUT2D eigenvalue weighted by molar-refractivity contribution is 7.89. The van der Waals surface area contributed by atoms with Gasteiger partial charge in [-0.2, -0.15) is 0 Å². The van der Waals surface area contributed by atoms with Crippen molar-refractivity contribution in [2.24, 2.45) is 5.14 Å². The summed E-state index contributed by atoms with van der Waals surface area (Å²) in [5.74, 6) is 0.854. The van der Waals surface area contributed by atoms with Crippen molar-refractivity contribution < 1.29 is 13.2 Å². The Morgan fingerprint density at radius 1 is 1.17 bits per heavy atom. The fraction of sp³-hybridized carbons (Fsp3) is 0.333. The van der Waals surface area contributed by atoms with Gasteiger partial charge in [0, 0.05) is 12.6 Å². The summed E-state index contributed by atoms with van der Waals surface area (Å²) in [4.78, 5) is 2.24. The second-order valence-corrected chi connectivity index (χ2v) is 7.50. The van der Waals surface area contributed by atoms with Crippen molar-refractivity contribution >= 4 is 10.0 Å². The Kier molecular flexibility index (Phi) is 5.99. The summed E-state index contributed by atoms with van der Waals surface area (Å²) in [6, 6.07) is 14.7. The molecule has 0 aliphatic rings. The molecule has 130 valence electrons. The molecule has 24 heavy (non-hydrogen) atoms. The van der Waals surface area contributed by atoms with Gasteiger partial charge in [0.1, 0.15) is 12.4 Å². The van der Waals surface area contributed by atoms with E-state index >= 15 is 0 Å². The summed E-state index contributed by atoms with van der Waals surface area (Å²) in [6.45, 7) is 5.32. The zero-order valence-electron chi connectivity index (χ0n) is 14.3.